The van der Waals surface area contributed by atoms with E-state index in [-0.39, 0.29) is 23.1 Å². The summed E-state index contributed by atoms with van der Waals surface area (Å²) < 4.78 is 0. The van der Waals surface area contributed by atoms with Gasteiger partial charge >= 0.3 is 0 Å². The average Bonchev–Trinajstić information content (AvgIpc) is 2.28. The van der Waals surface area contributed by atoms with Crippen LogP contribution in [0.4, 0.5) is 5.69 Å². The molecule has 78 valence electrons. The number of carbonyl (C=O) groups is 1. The molecular formula is C10H5N3O3. The van der Waals surface area contributed by atoms with Gasteiger partial charge in [-0.3, -0.25) is 14.9 Å². The summed E-state index contributed by atoms with van der Waals surface area (Å²) in [6.45, 7) is 0. The van der Waals surface area contributed by atoms with Crippen molar-refractivity contribution in [3.05, 3.63) is 38.9 Å². The molecule has 0 N–H and O–H groups in total. The zero-order valence-corrected chi connectivity index (χ0v) is 8.01. The Morgan fingerprint density at radius 2 is 2.12 bits per heavy atom. The van der Waals surface area contributed by atoms with Gasteiger partial charge in [-0.2, -0.15) is 10.5 Å². The number of carbonyl (C=O) groups excluding carboxylic acids is 1. The average molecular weight is 215 g/mol. The van der Waals surface area contributed by atoms with Crippen molar-refractivity contribution in [3.8, 4) is 12.1 Å². The highest BCUT2D eigenvalue weighted by atomic mass is 16.6. The van der Waals surface area contributed by atoms with Crippen LogP contribution in [0.15, 0.2) is 12.1 Å². The lowest BCUT2D eigenvalue weighted by Gasteiger charge is -2.02. The minimum atomic E-state index is -0.745. The number of nitro benzene ring substituents is 1. The molecule has 0 spiro atoms. The van der Waals surface area contributed by atoms with E-state index in [1.54, 1.807) is 12.1 Å². The summed E-state index contributed by atoms with van der Waals surface area (Å²) in [6.07, 6.45) is 0.177. The molecule has 0 aliphatic rings. The van der Waals surface area contributed by atoms with Crippen LogP contribution in [0.5, 0.6) is 0 Å². The Balaban J connectivity index is 3.55. The fourth-order valence-corrected chi connectivity index (χ4v) is 1.28. The second kappa shape index (κ2) is 4.67. The first kappa shape index (κ1) is 11.3. The van der Waals surface area contributed by atoms with Gasteiger partial charge in [0.15, 0.2) is 6.29 Å². The molecule has 16 heavy (non-hydrogen) atoms. The van der Waals surface area contributed by atoms with E-state index in [1.807, 2.05) is 0 Å². The SMILES string of the molecule is N#CCc1cc(C#N)cc([N+](=O)[O-])c1C=O. The first-order chi connectivity index (χ1) is 7.63. The first-order valence-electron chi connectivity index (χ1n) is 4.17. The third-order valence-corrected chi connectivity index (χ3v) is 1.96. The van der Waals surface area contributed by atoms with Gasteiger partial charge in [-0.25, -0.2) is 0 Å². The van der Waals surface area contributed by atoms with Crippen molar-refractivity contribution in [2.24, 2.45) is 0 Å². The van der Waals surface area contributed by atoms with Crippen LogP contribution >= 0.6 is 0 Å². The van der Waals surface area contributed by atoms with Crippen LogP contribution in [0.25, 0.3) is 0 Å². The summed E-state index contributed by atoms with van der Waals surface area (Å²) in [7, 11) is 0. The number of nitrogens with zero attached hydrogens (tertiary/aromatic N) is 3. The van der Waals surface area contributed by atoms with Gasteiger partial charge in [0.1, 0.15) is 0 Å². The maximum absolute atomic E-state index is 10.7. The summed E-state index contributed by atoms with van der Waals surface area (Å²) in [5.41, 5.74) is -0.337. The van der Waals surface area contributed by atoms with E-state index in [0.717, 1.165) is 6.07 Å². The minimum absolute atomic E-state index is 0.0579. The summed E-state index contributed by atoms with van der Waals surface area (Å²) in [5.74, 6) is 0. The highest BCUT2D eigenvalue weighted by molar-refractivity contribution is 5.84. The Hall–Kier alpha value is -2.73. The fourth-order valence-electron chi connectivity index (χ4n) is 1.28. The van der Waals surface area contributed by atoms with Gasteiger partial charge in [0.05, 0.1) is 34.6 Å². The van der Waals surface area contributed by atoms with Crippen molar-refractivity contribution in [1.29, 1.82) is 10.5 Å². The van der Waals surface area contributed by atoms with Crippen molar-refractivity contribution in [3.63, 3.8) is 0 Å². The molecule has 0 aliphatic carbocycles. The Bertz CT molecular complexity index is 537. The molecule has 0 amide bonds. The maximum Gasteiger partial charge on any atom is 0.281 e. The molecular weight excluding hydrogens is 210 g/mol. The quantitative estimate of drug-likeness (QED) is 0.429. The van der Waals surface area contributed by atoms with Gasteiger partial charge in [0.25, 0.3) is 5.69 Å². The lowest BCUT2D eigenvalue weighted by Crippen LogP contribution is -2.00. The molecule has 0 fully saturated rings. The minimum Gasteiger partial charge on any atom is -0.298 e. The van der Waals surface area contributed by atoms with Gasteiger partial charge < -0.3 is 0 Å². The monoisotopic (exact) mass is 215 g/mol. The molecule has 0 saturated carbocycles. The molecule has 0 saturated heterocycles. The number of nitriles is 2. The number of rotatable bonds is 3. The summed E-state index contributed by atoms with van der Waals surface area (Å²) in [5, 5.41) is 27.8. The van der Waals surface area contributed by atoms with E-state index >= 15 is 0 Å². The van der Waals surface area contributed by atoms with Crippen molar-refractivity contribution in [2.45, 2.75) is 6.42 Å². The molecule has 1 rings (SSSR count). The molecule has 0 unspecified atom stereocenters. The standard InChI is InChI=1S/C10H5N3O3/c11-2-1-8-3-7(5-12)4-10(13(15)16)9(8)6-14/h3-4,6H,1H2. The Morgan fingerprint density at radius 3 is 2.56 bits per heavy atom. The Morgan fingerprint density at radius 1 is 1.44 bits per heavy atom. The van der Waals surface area contributed by atoms with E-state index in [1.165, 1.54) is 6.07 Å². The third kappa shape index (κ3) is 2.02. The van der Waals surface area contributed by atoms with Crippen molar-refractivity contribution in [2.75, 3.05) is 0 Å². The van der Waals surface area contributed by atoms with Crippen LogP contribution in [0.1, 0.15) is 21.5 Å². The molecule has 0 atom stereocenters. The molecule has 1 aromatic rings. The second-order valence-electron chi connectivity index (χ2n) is 2.89. The molecule has 0 bridgehead atoms. The van der Waals surface area contributed by atoms with E-state index < -0.39 is 10.6 Å². The number of hydrogen-bond donors (Lipinski definition) is 0. The smallest absolute Gasteiger partial charge is 0.281 e. The molecule has 6 heteroatoms. The number of hydrogen-bond acceptors (Lipinski definition) is 5. The predicted molar refractivity (Wildman–Crippen MR) is 52.5 cm³/mol. The predicted octanol–water partition coefficient (Wildman–Crippen LogP) is 1.35. The lowest BCUT2D eigenvalue weighted by molar-refractivity contribution is -0.385. The lowest BCUT2D eigenvalue weighted by atomic mass is 10.0. The van der Waals surface area contributed by atoms with E-state index in [2.05, 4.69) is 0 Å². The molecule has 0 heterocycles. The molecule has 0 radical (unpaired) electrons. The Kier molecular flexibility index (Phi) is 3.31. The number of benzene rings is 1. The first-order valence-corrected chi connectivity index (χ1v) is 4.17. The van der Waals surface area contributed by atoms with Gasteiger partial charge in [0, 0.05) is 6.07 Å². The fraction of sp³-hybridized carbons (Fsp3) is 0.100. The van der Waals surface area contributed by atoms with Crippen molar-refractivity contribution in [1.82, 2.24) is 0 Å². The third-order valence-electron chi connectivity index (χ3n) is 1.96. The van der Waals surface area contributed by atoms with Gasteiger partial charge in [-0.05, 0) is 11.6 Å². The van der Waals surface area contributed by atoms with Crippen LogP contribution in [-0.2, 0) is 6.42 Å². The number of nitro groups is 1. The largest absolute Gasteiger partial charge is 0.298 e. The summed E-state index contributed by atoms with van der Waals surface area (Å²) in [4.78, 5) is 20.6. The van der Waals surface area contributed by atoms with E-state index in [9.17, 15) is 14.9 Å². The van der Waals surface area contributed by atoms with Gasteiger partial charge in [0.2, 0.25) is 0 Å². The van der Waals surface area contributed by atoms with Crippen LogP contribution in [0.2, 0.25) is 0 Å². The van der Waals surface area contributed by atoms with Gasteiger partial charge in [-0.1, -0.05) is 0 Å². The molecule has 0 aromatic heterocycles. The molecule has 0 aliphatic heterocycles. The highest BCUT2D eigenvalue weighted by Gasteiger charge is 2.18. The van der Waals surface area contributed by atoms with E-state index in [4.69, 9.17) is 10.5 Å². The second-order valence-corrected chi connectivity index (χ2v) is 2.89. The van der Waals surface area contributed by atoms with Crippen LogP contribution in [0.3, 0.4) is 0 Å². The van der Waals surface area contributed by atoms with E-state index in [0.29, 0.717) is 6.29 Å². The van der Waals surface area contributed by atoms with Gasteiger partial charge in [-0.15, -0.1) is 0 Å². The van der Waals surface area contributed by atoms with Crippen LogP contribution in [-0.4, -0.2) is 11.2 Å². The Labute approximate surface area is 90.5 Å². The van der Waals surface area contributed by atoms with Crippen molar-refractivity contribution < 1.29 is 9.72 Å². The number of aldehydes is 1. The molecule has 6 nitrogen and oxygen atoms in total. The maximum atomic E-state index is 10.7. The summed E-state index contributed by atoms with van der Waals surface area (Å²) in [6, 6.07) is 5.85. The van der Waals surface area contributed by atoms with Crippen molar-refractivity contribution >= 4 is 12.0 Å². The normalized spacial score (nSPS) is 8.88. The molecule has 1 aromatic carbocycles. The zero-order valence-electron chi connectivity index (χ0n) is 8.01. The highest BCUT2D eigenvalue weighted by Crippen LogP contribution is 2.23. The van der Waals surface area contributed by atoms with Crippen LogP contribution < -0.4 is 0 Å². The van der Waals surface area contributed by atoms with Crippen LogP contribution in [0, 0.1) is 32.8 Å². The topological polar surface area (TPSA) is 108 Å². The summed E-state index contributed by atoms with van der Waals surface area (Å²) >= 11 is 0. The zero-order chi connectivity index (χ0) is 12.1.